The summed E-state index contributed by atoms with van der Waals surface area (Å²) in [4.78, 5) is 12.0. The van der Waals surface area contributed by atoms with Crippen molar-refractivity contribution in [3.63, 3.8) is 0 Å². The van der Waals surface area contributed by atoms with E-state index in [4.69, 9.17) is 11.6 Å². The van der Waals surface area contributed by atoms with Gasteiger partial charge >= 0.3 is 0 Å². The molecule has 1 saturated carbocycles. The van der Waals surface area contributed by atoms with Crippen molar-refractivity contribution >= 4 is 17.5 Å². The molecule has 4 heteroatoms. The van der Waals surface area contributed by atoms with E-state index in [1.54, 1.807) is 12.1 Å². The lowest BCUT2D eigenvalue weighted by atomic mass is 9.94. The van der Waals surface area contributed by atoms with Crippen molar-refractivity contribution in [1.82, 2.24) is 5.32 Å². The molecule has 0 spiro atoms. The predicted octanol–water partition coefficient (Wildman–Crippen LogP) is 2.98. The smallest absolute Gasteiger partial charge is 0.255 e. The van der Waals surface area contributed by atoms with Crippen molar-refractivity contribution in [2.75, 3.05) is 0 Å². The number of aryl methyl sites for hydroxylation is 1. The molecule has 98 valence electrons. The number of alkyl halides is 1. The van der Waals surface area contributed by atoms with E-state index in [0.29, 0.717) is 5.56 Å². The zero-order valence-electron chi connectivity index (χ0n) is 10.4. The molecule has 1 aromatic rings. The van der Waals surface area contributed by atoms with Crippen molar-refractivity contribution in [2.24, 2.45) is 0 Å². The molecule has 0 aromatic heterocycles. The summed E-state index contributed by atoms with van der Waals surface area (Å²) in [5.41, 5.74) is 1.28. The minimum atomic E-state index is -0.203. The number of benzene rings is 1. The van der Waals surface area contributed by atoms with E-state index in [1.807, 2.05) is 13.0 Å². The summed E-state index contributed by atoms with van der Waals surface area (Å²) in [5, 5.41) is 13.0. The predicted molar refractivity (Wildman–Crippen MR) is 72.2 cm³/mol. The third-order valence-corrected chi connectivity index (χ3v) is 3.83. The van der Waals surface area contributed by atoms with Crippen molar-refractivity contribution in [3.8, 4) is 5.75 Å². The van der Waals surface area contributed by atoms with Gasteiger partial charge in [0, 0.05) is 11.4 Å². The van der Waals surface area contributed by atoms with Crippen molar-refractivity contribution in [3.05, 3.63) is 29.3 Å². The van der Waals surface area contributed by atoms with Crippen LogP contribution < -0.4 is 5.32 Å². The number of aromatic hydroxyl groups is 1. The Balaban J connectivity index is 1.99. The fraction of sp³-hybridized carbons (Fsp3) is 0.500. The largest absolute Gasteiger partial charge is 0.507 e. The van der Waals surface area contributed by atoms with E-state index in [-0.39, 0.29) is 23.1 Å². The van der Waals surface area contributed by atoms with E-state index in [1.165, 1.54) is 0 Å². The summed E-state index contributed by atoms with van der Waals surface area (Å²) < 4.78 is 0. The maximum atomic E-state index is 12.0. The maximum absolute atomic E-state index is 12.0. The van der Waals surface area contributed by atoms with Gasteiger partial charge in [0.25, 0.3) is 5.91 Å². The van der Waals surface area contributed by atoms with E-state index >= 15 is 0 Å². The summed E-state index contributed by atoms with van der Waals surface area (Å²) in [6, 6.07) is 5.26. The number of halogens is 1. The summed E-state index contributed by atoms with van der Waals surface area (Å²) in [6.45, 7) is 1.88. The zero-order chi connectivity index (χ0) is 13.1. The normalized spacial score (nSPS) is 23.7. The number of phenolic OH excluding ortho intramolecular Hbond substituents is 1. The van der Waals surface area contributed by atoms with Crippen LogP contribution in [0.5, 0.6) is 5.75 Å². The molecule has 0 bridgehead atoms. The van der Waals surface area contributed by atoms with Gasteiger partial charge in [-0.05, 0) is 50.3 Å². The summed E-state index contributed by atoms with van der Waals surface area (Å²) in [5.74, 6) is -0.163. The highest BCUT2D eigenvalue weighted by atomic mass is 35.5. The van der Waals surface area contributed by atoms with E-state index < -0.39 is 0 Å². The number of carbonyl (C=O) groups is 1. The fourth-order valence-electron chi connectivity index (χ4n) is 2.29. The molecule has 0 atom stereocenters. The zero-order valence-corrected chi connectivity index (χ0v) is 11.2. The van der Waals surface area contributed by atoms with Crippen LogP contribution in [0.4, 0.5) is 0 Å². The first-order valence-corrected chi connectivity index (χ1v) is 6.74. The van der Waals surface area contributed by atoms with Crippen molar-refractivity contribution < 1.29 is 9.90 Å². The lowest BCUT2D eigenvalue weighted by molar-refractivity contribution is 0.0925. The third kappa shape index (κ3) is 3.16. The first kappa shape index (κ1) is 13.2. The van der Waals surface area contributed by atoms with Gasteiger partial charge in [-0.1, -0.05) is 6.07 Å². The number of hydrogen-bond acceptors (Lipinski definition) is 2. The van der Waals surface area contributed by atoms with Gasteiger partial charge in [-0.25, -0.2) is 0 Å². The average Bonchev–Trinajstić information content (AvgIpc) is 2.32. The average molecular weight is 268 g/mol. The van der Waals surface area contributed by atoms with Gasteiger partial charge in [-0.2, -0.15) is 0 Å². The Morgan fingerprint density at radius 3 is 2.61 bits per heavy atom. The van der Waals surface area contributed by atoms with Gasteiger partial charge in [0.05, 0.1) is 5.56 Å². The van der Waals surface area contributed by atoms with Crippen molar-refractivity contribution in [2.45, 2.75) is 44.0 Å². The Hall–Kier alpha value is -1.22. The standard InChI is InChI=1S/C14H18ClNO2/c1-9-2-7-12(13(17)8-9)14(18)16-11-5-3-10(15)4-6-11/h2,7-8,10-11,17H,3-6H2,1H3,(H,16,18). The molecule has 0 radical (unpaired) electrons. The number of hydrogen-bond donors (Lipinski definition) is 2. The molecule has 0 saturated heterocycles. The summed E-state index contributed by atoms with van der Waals surface area (Å²) in [6.07, 6.45) is 3.69. The second-order valence-electron chi connectivity index (χ2n) is 4.94. The molecule has 1 aromatic carbocycles. The molecule has 0 heterocycles. The van der Waals surface area contributed by atoms with Gasteiger partial charge in [-0.3, -0.25) is 4.79 Å². The first-order valence-electron chi connectivity index (χ1n) is 6.31. The van der Waals surface area contributed by atoms with Crippen LogP contribution in [0.15, 0.2) is 18.2 Å². The number of rotatable bonds is 2. The highest BCUT2D eigenvalue weighted by molar-refractivity contribution is 6.20. The fourth-order valence-corrected chi connectivity index (χ4v) is 2.55. The molecule has 2 N–H and O–H groups in total. The van der Waals surface area contributed by atoms with Gasteiger partial charge < -0.3 is 10.4 Å². The van der Waals surface area contributed by atoms with Crippen LogP contribution in [0.2, 0.25) is 0 Å². The van der Waals surface area contributed by atoms with Crippen LogP contribution >= 0.6 is 11.6 Å². The Morgan fingerprint density at radius 1 is 1.33 bits per heavy atom. The first-order chi connectivity index (χ1) is 8.56. The van der Waals surface area contributed by atoms with Gasteiger partial charge in [0.1, 0.15) is 5.75 Å². The molecule has 0 aliphatic heterocycles. The quantitative estimate of drug-likeness (QED) is 0.810. The van der Waals surface area contributed by atoms with Crippen LogP contribution in [-0.4, -0.2) is 22.4 Å². The topological polar surface area (TPSA) is 49.3 Å². The Morgan fingerprint density at radius 2 is 2.00 bits per heavy atom. The molecule has 3 nitrogen and oxygen atoms in total. The monoisotopic (exact) mass is 267 g/mol. The van der Waals surface area contributed by atoms with E-state index in [2.05, 4.69) is 5.32 Å². The maximum Gasteiger partial charge on any atom is 0.255 e. The number of nitrogens with one attached hydrogen (secondary N) is 1. The van der Waals surface area contributed by atoms with Gasteiger partial charge in [0.2, 0.25) is 0 Å². The Kier molecular flexibility index (Phi) is 4.12. The third-order valence-electron chi connectivity index (χ3n) is 3.39. The van der Waals surface area contributed by atoms with E-state index in [0.717, 1.165) is 31.2 Å². The molecule has 1 aliphatic carbocycles. The number of carbonyl (C=O) groups excluding carboxylic acids is 1. The molecular weight excluding hydrogens is 250 g/mol. The minimum Gasteiger partial charge on any atom is -0.507 e. The minimum absolute atomic E-state index is 0.0403. The van der Waals surface area contributed by atoms with Crippen LogP contribution in [0.25, 0.3) is 0 Å². The highest BCUT2D eigenvalue weighted by Gasteiger charge is 2.22. The van der Waals surface area contributed by atoms with Gasteiger partial charge in [0.15, 0.2) is 0 Å². The van der Waals surface area contributed by atoms with Crippen LogP contribution in [0, 0.1) is 6.92 Å². The molecular formula is C14H18ClNO2. The lowest BCUT2D eigenvalue weighted by Gasteiger charge is -2.25. The Bertz CT molecular complexity index is 439. The van der Waals surface area contributed by atoms with Crippen molar-refractivity contribution in [1.29, 1.82) is 0 Å². The molecule has 0 unspecified atom stereocenters. The number of amides is 1. The molecule has 1 aliphatic rings. The van der Waals surface area contributed by atoms with Crippen LogP contribution in [0.3, 0.4) is 0 Å². The number of phenols is 1. The summed E-state index contributed by atoms with van der Waals surface area (Å²) >= 11 is 6.03. The highest BCUT2D eigenvalue weighted by Crippen LogP contribution is 2.24. The second kappa shape index (κ2) is 5.61. The van der Waals surface area contributed by atoms with Crippen LogP contribution in [0.1, 0.15) is 41.6 Å². The Labute approximate surface area is 112 Å². The lowest BCUT2D eigenvalue weighted by Crippen LogP contribution is -2.37. The van der Waals surface area contributed by atoms with Gasteiger partial charge in [-0.15, -0.1) is 11.6 Å². The SMILES string of the molecule is Cc1ccc(C(=O)NC2CCC(Cl)CC2)c(O)c1. The van der Waals surface area contributed by atoms with Crippen LogP contribution in [-0.2, 0) is 0 Å². The molecule has 18 heavy (non-hydrogen) atoms. The summed E-state index contributed by atoms with van der Waals surface area (Å²) in [7, 11) is 0. The second-order valence-corrected chi connectivity index (χ2v) is 5.56. The molecule has 2 rings (SSSR count). The molecule has 1 amide bonds. The molecule has 1 fully saturated rings. The van der Waals surface area contributed by atoms with E-state index in [9.17, 15) is 9.90 Å².